The van der Waals surface area contributed by atoms with E-state index < -0.39 is 57.6 Å². The molecule has 0 radical (unpaired) electrons. The Balaban J connectivity index is 4.09. The Bertz CT molecular complexity index is 848. The molecule has 0 aliphatic heterocycles. The average Bonchev–Trinajstić information content (AvgIpc) is 2.97. The minimum atomic E-state index is -4.74. The second-order valence-corrected chi connectivity index (χ2v) is 12.1. The average molecular weight is 634 g/mol. The number of esters is 1. The summed E-state index contributed by atoms with van der Waals surface area (Å²) in [5.74, 6) is -2.41. The van der Waals surface area contributed by atoms with Crippen LogP contribution in [0.4, 0.5) is 0 Å². The number of carboxylic acid groups (broad SMARTS) is 1. The van der Waals surface area contributed by atoms with Gasteiger partial charge >= 0.3 is 19.8 Å². The maximum absolute atomic E-state index is 12.2. The first-order chi connectivity index (χ1) is 20.6. The van der Waals surface area contributed by atoms with Gasteiger partial charge in [0, 0.05) is 12.8 Å². The first-order valence-electron chi connectivity index (χ1n) is 15.9. The molecule has 3 atom stereocenters. The fraction of sp³-hybridized carbons (Fsp3) is 0.774. The van der Waals surface area contributed by atoms with Crippen molar-refractivity contribution in [1.29, 1.82) is 0 Å². The summed E-state index contributed by atoms with van der Waals surface area (Å²) in [6, 6.07) is -1.55. The van der Waals surface area contributed by atoms with Gasteiger partial charge in [-0.05, 0) is 38.5 Å². The molecule has 43 heavy (non-hydrogen) atoms. The number of rotatable bonds is 29. The van der Waals surface area contributed by atoms with Crippen LogP contribution >= 0.6 is 7.82 Å². The molecule has 250 valence electrons. The van der Waals surface area contributed by atoms with Gasteiger partial charge < -0.3 is 25.2 Å². The molecule has 0 heterocycles. The molecule has 12 heteroatoms. The molecule has 0 fully saturated rings. The van der Waals surface area contributed by atoms with Gasteiger partial charge in [0.25, 0.3) is 0 Å². The minimum Gasteiger partial charge on any atom is -0.480 e. The second-order valence-electron chi connectivity index (χ2n) is 10.6. The third kappa shape index (κ3) is 27.3. The van der Waals surface area contributed by atoms with E-state index in [-0.39, 0.29) is 12.8 Å². The summed E-state index contributed by atoms with van der Waals surface area (Å²) in [7, 11) is -4.74. The maximum Gasteiger partial charge on any atom is 0.472 e. The van der Waals surface area contributed by atoms with E-state index in [1.807, 2.05) is 0 Å². The van der Waals surface area contributed by atoms with Gasteiger partial charge in [-0.15, -0.1) is 0 Å². The Morgan fingerprint density at radius 1 is 0.744 bits per heavy atom. The van der Waals surface area contributed by atoms with Gasteiger partial charge in [0.2, 0.25) is 5.91 Å². The number of allylic oxidation sites excluding steroid dienone is 4. The van der Waals surface area contributed by atoms with E-state index in [1.165, 1.54) is 0 Å². The van der Waals surface area contributed by atoms with Crippen molar-refractivity contribution in [3.63, 3.8) is 0 Å². The third-order valence-corrected chi connectivity index (χ3v) is 7.43. The Hall–Kier alpha value is -2.04. The van der Waals surface area contributed by atoms with Crippen LogP contribution in [-0.2, 0) is 32.7 Å². The van der Waals surface area contributed by atoms with Crippen LogP contribution in [0.1, 0.15) is 123 Å². The number of hydrogen-bond acceptors (Lipinski definition) is 8. The number of carbonyl (C=O) groups is 3. The predicted octanol–water partition coefficient (Wildman–Crippen LogP) is 6.38. The van der Waals surface area contributed by atoms with Gasteiger partial charge in [0.05, 0.1) is 13.2 Å². The lowest BCUT2D eigenvalue weighted by atomic mass is 10.1. The SMILES string of the molecule is CCC/C=C\C/C=C\CCCCCCCC(=O)NC(COP(=O)(O)OCC(O)COC(=O)CCCCCCCC)C(=O)O. The number of hydrogen-bond donors (Lipinski definition) is 4. The zero-order valence-electron chi connectivity index (χ0n) is 26.3. The molecule has 11 nitrogen and oxygen atoms in total. The molecule has 4 N–H and O–H groups in total. The number of aliphatic carboxylic acids is 1. The van der Waals surface area contributed by atoms with Crippen molar-refractivity contribution in [2.75, 3.05) is 19.8 Å². The normalized spacial score (nSPS) is 14.5. The standard InChI is InChI=1S/C31H56NO10P/c1-3-5-7-9-11-12-13-14-15-16-17-18-20-22-29(34)32-28(31(36)37)26-42-43(38,39)41-25-27(33)24-40-30(35)23-21-19-10-8-6-4-2/h7,9,12-13,27-28,33H,3-6,8,10-11,14-26H2,1-2H3,(H,32,34)(H,36,37)(H,38,39)/b9-7-,13-12-. The number of unbranched alkanes of at least 4 members (excludes halogenated alkanes) is 11. The summed E-state index contributed by atoms with van der Waals surface area (Å²) in [4.78, 5) is 45.2. The van der Waals surface area contributed by atoms with Crippen molar-refractivity contribution in [3.05, 3.63) is 24.3 Å². The summed E-state index contributed by atoms with van der Waals surface area (Å²) in [6.07, 6.45) is 22.6. The van der Waals surface area contributed by atoms with Crippen LogP contribution in [0.5, 0.6) is 0 Å². The first kappa shape index (κ1) is 41.0. The number of ether oxygens (including phenoxy) is 1. The number of nitrogens with one attached hydrogen (secondary N) is 1. The van der Waals surface area contributed by atoms with E-state index in [2.05, 4.69) is 48.0 Å². The van der Waals surface area contributed by atoms with Crippen LogP contribution in [0.25, 0.3) is 0 Å². The second kappa shape index (κ2) is 27.5. The lowest BCUT2D eigenvalue weighted by Gasteiger charge is -2.18. The Kier molecular flexibility index (Phi) is 26.2. The van der Waals surface area contributed by atoms with Crippen LogP contribution in [0, 0.1) is 0 Å². The summed E-state index contributed by atoms with van der Waals surface area (Å²) in [5, 5.41) is 21.5. The largest absolute Gasteiger partial charge is 0.480 e. The summed E-state index contributed by atoms with van der Waals surface area (Å²) in [5.41, 5.74) is 0. The number of carbonyl (C=O) groups excluding carboxylic acids is 2. The number of amides is 1. The lowest BCUT2D eigenvalue weighted by molar-refractivity contribution is -0.147. The maximum atomic E-state index is 12.2. The highest BCUT2D eigenvalue weighted by Crippen LogP contribution is 2.43. The van der Waals surface area contributed by atoms with E-state index >= 15 is 0 Å². The number of phosphoric ester groups is 1. The number of phosphoric acid groups is 1. The van der Waals surface area contributed by atoms with Crippen molar-refractivity contribution >= 4 is 25.7 Å². The van der Waals surface area contributed by atoms with Gasteiger partial charge in [0.1, 0.15) is 12.7 Å². The monoisotopic (exact) mass is 633 g/mol. The molecular formula is C31H56NO10P. The lowest BCUT2D eigenvalue weighted by Crippen LogP contribution is -2.43. The van der Waals surface area contributed by atoms with Gasteiger partial charge in [0.15, 0.2) is 6.04 Å². The summed E-state index contributed by atoms with van der Waals surface area (Å²) in [6.45, 7) is 2.38. The zero-order chi connectivity index (χ0) is 32.2. The Morgan fingerprint density at radius 2 is 1.33 bits per heavy atom. The quantitative estimate of drug-likeness (QED) is 0.0314. The molecule has 0 saturated carbocycles. The summed E-state index contributed by atoms with van der Waals surface area (Å²) >= 11 is 0. The van der Waals surface area contributed by atoms with Gasteiger partial charge in [-0.2, -0.15) is 0 Å². The van der Waals surface area contributed by atoms with Crippen LogP contribution in [-0.4, -0.2) is 64.9 Å². The molecular weight excluding hydrogens is 577 g/mol. The molecule has 0 rings (SSSR count). The van der Waals surface area contributed by atoms with Crippen molar-refractivity contribution < 1.29 is 47.8 Å². The molecule has 0 aromatic rings. The summed E-state index contributed by atoms with van der Waals surface area (Å²) < 4.78 is 26.4. The first-order valence-corrected chi connectivity index (χ1v) is 17.4. The highest BCUT2D eigenvalue weighted by molar-refractivity contribution is 7.47. The van der Waals surface area contributed by atoms with Crippen molar-refractivity contribution in [2.45, 2.75) is 135 Å². The van der Waals surface area contributed by atoms with Gasteiger partial charge in [-0.25, -0.2) is 9.36 Å². The fourth-order valence-electron chi connectivity index (χ4n) is 3.94. The van der Waals surface area contributed by atoms with E-state index in [0.29, 0.717) is 12.8 Å². The van der Waals surface area contributed by atoms with Crippen molar-refractivity contribution in [2.24, 2.45) is 0 Å². The fourth-order valence-corrected chi connectivity index (χ4v) is 4.71. The number of aliphatic hydroxyl groups is 1. The van der Waals surface area contributed by atoms with Gasteiger partial charge in [-0.3, -0.25) is 18.6 Å². The smallest absolute Gasteiger partial charge is 0.472 e. The van der Waals surface area contributed by atoms with Crippen molar-refractivity contribution in [3.8, 4) is 0 Å². The number of carboxylic acids is 1. The third-order valence-electron chi connectivity index (χ3n) is 6.47. The zero-order valence-corrected chi connectivity index (χ0v) is 27.1. The Morgan fingerprint density at radius 3 is 1.98 bits per heavy atom. The Labute approximate surface area is 258 Å². The van der Waals surface area contributed by atoms with E-state index in [4.69, 9.17) is 9.26 Å². The topological polar surface area (TPSA) is 169 Å². The van der Waals surface area contributed by atoms with E-state index in [9.17, 15) is 34.1 Å². The minimum absolute atomic E-state index is 0.130. The molecule has 0 aliphatic rings. The van der Waals surface area contributed by atoms with Crippen LogP contribution in [0.2, 0.25) is 0 Å². The van der Waals surface area contributed by atoms with Gasteiger partial charge in [-0.1, -0.05) is 95.9 Å². The molecule has 0 aromatic heterocycles. The number of aliphatic hydroxyl groups excluding tert-OH is 1. The van der Waals surface area contributed by atoms with Crippen LogP contribution in [0.15, 0.2) is 24.3 Å². The molecule has 3 unspecified atom stereocenters. The van der Waals surface area contributed by atoms with E-state index in [0.717, 1.165) is 83.5 Å². The molecule has 1 amide bonds. The van der Waals surface area contributed by atoms with Crippen molar-refractivity contribution in [1.82, 2.24) is 5.32 Å². The van der Waals surface area contributed by atoms with Crippen LogP contribution < -0.4 is 5.32 Å². The molecule has 0 saturated heterocycles. The highest BCUT2D eigenvalue weighted by Gasteiger charge is 2.28. The van der Waals surface area contributed by atoms with Crippen LogP contribution in [0.3, 0.4) is 0 Å². The predicted molar refractivity (Wildman–Crippen MR) is 166 cm³/mol. The highest BCUT2D eigenvalue weighted by atomic mass is 31.2. The molecule has 0 bridgehead atoms. The molecule has 0 aromatic carbocycles. The molecule has 0 spiro atoms. The molecule has 0 aliphatic carbocycles. The van der Waals surface area contributed by atoms with E-state index in [1.54, 1.807) is 0 Å².